The van der Waals surface area contributed by atoms with Crippen molar-refractivity contribution in [3.8, 4) is 33.4 Å². The summed E-state index contributed by atoms with van der Waals surface area (Å²) in [5, 5.41) is 2.44. The Bertz CT molecular complexity index is 1870. The van der Waals surface area contributed by atoms with Gasteiger partial charge >= 0.3 is 0 Å². The van der Waals surface area contributed by atoms with Gasteiger partial charge in [0.15, 0.2) is 0 Å². The Balaban J connectivity index is 1.48. The molecule has 0 aliphatic rings. The van der Waals surface area contributed by atoms with Crippen molar-refractivity contribution >= 4 is 27.8 Å². The zero-order chi connectivity index (χ0) is 27.4. The highest BCUT2D eigenvalue weighted by Crippen LogP contribution is 2.44. The molecular formula is C40H29N. The molecule has 0 atom stereocenters. The van der Waals surface area contributed by atoms with E-state index in [9.17, 15) is 0 Å². The second-order valence-corrected chi connectivity index (χ2v) is 10.2. The number of hydrogen-bond acceptors (Lipinski definition) is 1. The molecule has 0 amide bonds. The van der Waals surface area contributed by atoms with Gasteiger partial charge in [0.2, 0.25) is 0 Å². The molecule has 0 fully saturated rings. The normalized spacial score (nSPS) is 10.9. The first-order valence-corrected chi connectivity index (χ1v) is 14.0. The molecule has 0 saturated heterocycles. The molecule has 0 radical (unpaired) electrons. The van der Waals surface area contributed by atoms with Gasteiger partial charge in [-0.2, -0.15) is 0 Å². The predicted molar refractivity (Wildman–Crippen MR) is 175 cm³/mol. The minimum absolute atomic E-state index is 1.13. The smallest absolute Gasteiger partial charge is 0.0540 e. The van der Waals surface area contributed by atoms with Gasteiger partial charge < -0.3 is 4.90 Å². The summed E-state index contributed by atoms with van der Waals surface area (Å²) in [5.41, 5.74) is 10.7. The van der Waals surface area contributed by atoms with Gasteiger partial charge in [0.1, 0.15) is 0 Å². The second-order valence-electron chi connectivity index (χ2n) is 10.2. The summed E-state index contributed by atoms with van der Waals surface area (Å²) >= 11 is 0. The lowest BCUT2D eigenvalue weighted by Crippen LogP contribution is -2.10. The van der Waals surface area contributed by atoms with Crippen LogP contribution in [0.25, 0.3) is 44.2 Å². The third-order valence-corrected chi connectivity index (χ3v) is 7.67. The fourth-order valence-corrected chi connectivity index (χ4v) is 5.74. The van der Waals surface area contributed by atoms with E-state index in [1.165, 1.54) is 44.2 Å². The van der Waals surface area contributed by atoms with Gasteiger partial charge in [-0.1, -0.05) is 140 Å². The molecule has 41 heavy (non-hydrogen) atoms. The van der Waals surface area contributed by atoms with Crippen LogP contribution in [0.2, 0.25) is 0 Å². The number of para-hydroxylation sites is 2. The summed E-state index contributed by atoms with van der Waals surface area (Å²) in [6.07, 6.45) is 0. The zero-order valence-corrected chi connectivity index (χ0v) is 22.7. The van der Waals surface area contributed by atoms with E-state index < -0.39 is 0 Å². The van der Waals surface area contributed by atoms with E-state index in [1.807, 2.05) is 0 Å². The Morgan fingerprint density at radius 2 is 0.780 bits per heavy atom. The number of fused-ring (bicyclic) bond motifs is 1. The van der Waals surface area contributed by atoms with Gasteiger partial charge in [0.05, 0.1) is 5.69 Å². The van der Waals surface area contributed by atoms with Crippen molar-refractivity contribution in [2.24, 2.45) is 0 Å². The lowest BCUT2D eigenvalue weighted by molar-refractivity contribution is 1.30. The molecule has 0 spiro atoms. The van der Waals surface area contributed by atoms with Gasteiger partial charge in [-0.3, -0.25) is 0 Å². The standard InChI is InChI=1S/C40H29N/c1-5-15-30(16-6-1)32-25-26-35(31-17-7-2-8-18-31)39(29-32)37-27-28-40(38-24-14-13-23-36(37)38)41(33-19-9-3-10-20-33)34-21-11-4-12-22-34/h1-29H. The fraction of sp³-hybridized carbons (Fsp3) is 0. The van der Waals surface area contributed by atoms with Crippen LogP contribution in [0, 0.1) is 0 Å². The second kappa shape index (κ2) is 11.0. The highest BCUT2D eigenvalue weighted by atomic mass is 15.1. The average molecular weight is 524 g/mol. The van der Waals surface area contributed by atoms with Crippen LogP contribution in [0.5, 0.6) is 0 Å². The van der Waals surface area contributed by atoms with Gasteiger partial charge in [-0.05, 0) is 75.2 Å². The number of hydrogen-bond donors (Lipinski definition) is 0. The van der Waals surface area contributed by atoms with E-state index >= 15 is 0 Å². The molecule has 7 rings (SSSR count). The molecule has 0 heterocycles. The highest BCUT2D eigenvalue weighted by molar-refractivity contribution is 6.08. The van der Waals surface area contributed by atoms with E-state index in [0.717, 1.165) is 17.1 Å². The third kappa shape index (κ3) is 4.79. The number of anilines is 3. The van der Waals surface area contributed by atoms with Crippen LogP contribution in [0.1, 0.15) is 0 Å². The van der Waals surface area contributed by atoms with E-state index in [4.69, 9.17) is 0 Å². The van der Waals surface area contributed by atoms with Gasteiger partial charge in [-0.15, -0.1) is 0 Å². The van der Waals surface area contributed by atoms with Crippen LogP contribution >= 0.6 is 0 Å². The predicted octanol–water partition coefficient (Wildman–Crippen LogP) is 11.3. The van der Waals surface area contributed by atoms with Crippen molar-refractivity contribution in [3.05, 3.63) is 176 Å². The molecule has 0 unspecified atom stereocenters. The monoisotopic (exact) mass is 523 g/mol. The minimum atomic E-state index is 1.13. The van der Waals surface area contributed by atoms with Crippen molar-refractivity contribution in [2.45, 2.75) is 0 Å². The minimum Gasteiger partial charge on any atom is -0.310 e. The quantitative estimate of drug-likeness (QED) is 0.209. The first-order valence-electron chi connectivity index (χ1n) is 14.0. The summed E-state index contributed by atoms with van der Waals surface area (Å²) in [6.45, 7) is 0. The van der Waals surface area contributed by atoms with Crippen molar-refractivity contribution in [1.29, 1.82) is 0 Å². The molecule has 1 nitrogen and oxygen atoms in total. The molecule has 0 bridgehead atoms. The lowest BCUT2D eigenvalue weighted by Gasteiger charge is -2.27. The Hall–Kier alpha value is -5.40. The molecule has 0 aliphatic carbocycles. The van der Waals surface area contributed by atoms with Crippen molar-refractivity contribution < 1.29 is 0 Å². The molecule has 0 aliphatic heterocycles. The van der Waals surface area contributed by atoms with Crippen LogP contribution in [0.4, 0.5) is 17.1 Å². The van der Waals surface area contributed by atoms with Gasteiger partial charge in [0, 0.05) is 16.8 Å². The molecule has 0 N–H and O–H groups in total. The van der Waals surface area contributed by atoms with Crippen LogP contribution in [0.3, 0.4) is 0 Å². The summed E-state index contributed by atoms with van der Waals surface area (Å²) in [5.74, 6) is 0. The first-order chi connectivity index (χ1) is 20.4. The number of nitrogens with zero attached hydrogens (tertiary/aromatic N) is 1. The fourth-order valence-electron chi connectivity index (χ4n) is 5.74. The summed E-state index contributed by atoms with van der Waals surface area (Å²) in [7, 11) is 0. The Morgan fingerprint density at radius 3 is 1.39 bits per heavy atom. The third-order valence-electron chi connectivity index (χ3n) is 7.67. The molecule has 1 heteroatoms. The van der Waals surface area contributed by atoms with Crippen LogP contribution in [-0.4, -0.2) is 0 Å². The van der Waals surface area contributed by atoms with E-state index in [0.29, 0.717) is 0 Å². The molecule has 194 valence electrons. The van der Waals surface area contributed by atoms with Crippen molar-refractivity contribution in [1.82, 2.24) is 0 Å². The molecule has 7 aromatic rings. The average Bonchev–Trinajstić information content (AvgIpc) is 3.06. The van der Waals surface area contributed by atoms with E-state index in [-0.39, 0.29) is 0 Å². The Kier molecular flexibility index (Phi) is 6.61. The van der Waals surface area contributed by atoms with E-state index in [2.05, 4.69) is 181 Å². The van der Waals surface area contributed by atoms with Crippen molar-refractivity contribution in [3.63, 3.8) is 0 Å². The molecular weight excluding hydrogens is 494 g/mol. The Morgan fingerprint density at radius 1 is 0.293 bits per heavy atom. The topological polar surface area (TPSA) is 3.24 Å². The zero-order valence-electron chi connectivity index (χ0n) is 22.7. The summed E-state index contributed by atoms with van der Waals surface area (Å²) in [6, 6.07) is 62.8. The summed E-state index contributed by atoms with van der Waals surface area (Å²) in [4.78, 5) is 2.35. The maximum Gasteiger partial charge on any atom is 0.0540 e. The maximum absolute atomic E-state index is 2.35. The lowest BCUT2D eigenvalue weighted by atomic mass is 9.88. The number of benzene rings is 7. The van der Waals surface area contributed by atoms with E-state index in [1.54, 1.807) is 0 Å². The maximum atomic E-state index is 2.35. The van der Waals surface area contributed by atoms with Crippen molar-refractivity contribution in [2.75, 3.05) is 4.90 Å². The van der Waals surface area contributed by atoms with Crippen LogP contribution < -0.4 is 4.90 Å². The van der Waals surface area contributed by atoms with Crippen LogP contribution in [0.15, 0.2) is 176 Å². The van der Waals surface area contributed by atoms with Crippen LogP contribution in [-0.2, 0) is 0 Å². The van der Waals surface area contributed by atoms with Gasteiger partial charge in [-0.25, -0.2) is 0 Å². The highest BCUT2D eigenvalue weighted by Gasteiger charge is 2.18. The van der Waals surface area contributed by atoms with Gasteiger partial charge in [0.25, 0.3) is 0 Å². The first kappa shape index (κ1) is 24.6. The molecule has 0 aromatic heterocycles. The SMILES string of the molecule is c1ccc(-c2ccc(-c3ccccc3)c(-c3ccc(N(c4ccccc4)c4ccccc4)c4ccccc34)c2)cc1. The largest absolute Gasteiger partial charge is 0.310 e. The molecule has 7 aromatic carbocycles. The number of rotatable bonds is 6. The Labute approximate surface area is 241 Å². The summed E-state index contributed by atoms with van der Waals surface area (Å²) < 4.78 is 0. The molecule has 0 saturated carbocycles.